The minimum Gasteiger partial charge on any atom is -0.497 e. The zero-order chi connectivity index (χ0) is 29.9. The van der Waals surface area contributed by atoms with E-state index in [1.165, 1.54) is 0 Å². The zero-order valence-corrected chi connectivity index (χ0v) is 24.0. The van der Waals surface area contributed by atoms with E-state index in [-0.39, 0.29) is 17.5 Å². The summed E-state index contributed by atoms with van der Waals surface area (Å²) in [5.41, 5.74) is 3.50. The molecule has 43 heavy (non-hydrogen) atoms. The summed E-state index contributed by atoms with van der Waals surface area (Å²) in [4.78, 5) is 46.4. The largest absolute Gasteiger partial charge is 0.497 e. The number of ketones is 2. The van der Waals surface area contributed by atoms with Gasteiger partial charge in [-0.1, -0.05) is 66.7 Å². The third-order valence-corrected chi connectivity index (χ3v) is 9.14. The van der Waals surface area contributed by atoms with Gasteiger partial charge < -0.3 is 19.7 Å². The summed E-state index contributed by atoms with van der Waals surface area (Å²) in [6.45, 7) is 2.01. The number of benzene rings is 4. The van der Waals surface area contributed by atoms with Crippen molar-refractivity contribution < 1.29 is 23.9 Å². The topological polar surface area (TPSA) is 84.9 Å². The second-order valence-electron chi connectivity index (χ2n) is 11.2. The van der Waals surface area contributed by atoms with E-state index in [9.17, 15) is 14.4 Å². The van der Waals surface area contributed by atoms with Crippen LogP contribution in [0.3, 0.4) is 0 Å². The summed E-state index contributed by atoms with van der Waals surface area (Å²) in [6.07, 6.45) is 2.05. The Kier molecular flexibility index (Phi) is 6.20. The molecule has 3 heterocycles. The van der Waals surface area contributed by atoms with Crippen LogP contribution < -0.4 is 19.7 Å². The molecule has 0 aliphatic carbocycles. The molecule has 1 N–H and O–H groups in total. The molecule has 7 heteroatoms. The third kappa shape index (κ3) is 3.77. The number of ether oxygens (including phenoxy) is 2. The Balaban J connectivity index is 1.55. The van der Waals surface area contributed by atoms with Crippen LogP contribution in [0.15, 0.2) is 103 Å². The van der Waals surface area contributed by atoms with Crippen LogP contribution in [0.2, 0.25) is 0 Å². The number of amides is 1. The Bertz CT molecular complexity index is 1840. The van der Waals surface area contributed by atoms with Gasteiger partial charge >= 0.3 is 0 Å². The molecule has 4 atom stereocenters. The summed E-state index contributed by atoms with van der Waals surface area (Å²) in [5, 5.41) is 3.08. The number of nitrogens with zero attached hydrogens (tertiary/aromatic N) is 1. The highest BCUT2D eigenvalue weighted by Gasteiger charge is 2.70. The number of fused-ring (bicyclic) bond motifs is 6. The average molecular weight is 571 g/mol. The van der Waals surface area contributed by atoms with Crippen molar-refractivity contribution in [2.45, 2.75) is 24.4 Å². The van der Waals surface area contributed by atoms with E-state index >= 15 is 0 Å². The second kappa shape index (κ2) is 9.98. The summed E-state index contributed by atoms with van der Waals surface area (Å²) in [6, 6.07) is 27.6. The second-order valence-corrected chi connectivity index (χ2v) is 11.2. The van der Waals surface area contributed by atoms with E-state index in [0.29, 0.717) is 33.9 Å². The van der Waals surface area contributed by atoms with Gasteiger partial charge in [0, 0.05) is 28.1 Å². The first-order valence-electron chi connectivity index (χ1n) is 14.2. The van der Waals surface area contributed by atoms with Gasteiger partial charge in [-0.2, -0.15) is 0 Å². The predicted octanol–water partition coefficient (Wildman–Crippen LogP) is 5.95. The molecule has 7 nitrogen and oxygen atoms in total. The summed E-state index contributed by atoms with van der Waals surface area (Å²) >= 11 is 0. The first-order chi connectivity index (χ1) is 20.9. The lowest BCUT2D eigenvalue weighted by molar-refractivity contribution is -0.121. The van der Waals surface area contributed by atoms with Gasteiger partial charge in [0.25, 0.3) is 0 Å². The fourth-order valence-corrected chi connectivity index (χ4v) is 7.29. The van der Waals surface area contributed by atoms with Crippen LogP contribution in [-0.2, 0) is 10.2 Å². The van der Waals surface area contributed by atoms with Crippen molar-refractivity contribution in [3.8, 4) is 11.5 Å². The number of Topliss-reactive ketones (excluding diaryl/α,β-unsaturated/α-hetero) is 2. The fourth-order valence-electron chi connectivity index (χ4n) is 7.29. The number of anilines is 2. The first-order valence-corrected chi connectivity index (χ1v) is 14.2. The highest BCUT2D eigenvalue weighted by Crippen LogP contribution is 2.58. The molecular weight excluding hydrogens is 540 g/mol. The molecular formula is C36H30N2O5. The van der Waals surface area contributed by atoms with Gasteiger partial charge in [0.2, 0.25) is 5.91 Å². The van der Waals surface area contributed by atoms with Crippen molar-refractivity contribution in [2.75, 3.05) is 24.4 Å². The van der Waals surface area contributed by atoms with Crippen LogP contribution in [0.1, 0.15) is 38.8 Å². The number of carbonyl (C=O) groups excluding carboxylic acids is 3. The molecule has 1 amide bonds. The molecule has 0 aromatic heterocycles. The summed E-state index contributed by atoms with van der Waals surface area (Å²) in [7, 11) is 3.09. The van der Waals surface area contributed by atoms with Gasteiger partial charge in [-0.3, -0.25) is 14.4 Å². The van der Waals surface area contributed by atoms with Crippen molar-refractivity contribution in [2.24, 2.45) is 5.92 Å². The Hall–Kier alpha value is -5.17. The van der Waals surface area contributed by atoms with Crippen LogP contribution in [0.5, 0.6) is 11.5 Å². The van der Waals surface area contributed by atoms with Crippen LogP contribution in [-0.4, -0.2) is 43.8 Å². The van der Waals surface area contributed by atoms with Crippen molar-refractivity contribution in [1.82, 2.24) is 0 Å². The molecule has 0 saturated carbocycles. The lowest BCUT2D eigenvalue weighted by Crippen LogP contribution is -2.51. The highest BCUT2D eigenvalue weighted by molar-refractivity contribution is 6.18. The molecule has 1 saturated heterocycles. The molecule has 4 aromatic rings. The minimum absolute atomic E-state index is 0.262. The summed E-state index contributed by atoms with van der Waals surface area (Å²) in [5.74, 6) is -0.878. The molecule has 214 valence electrons. The van der Waals surface area contributed by atoms with Gasteiger partial charge in [-0.25, -0.2) is 0 Å². The van der Waals surface area contributed by atoms with Gasteiger partial charge in [0.05, 0.1) is 26.2 Å². The van der Waals surface area contributed by atoms with Crippen molar-refractivity contribution in [3.63, 3.8) is 0 Å². The maximum absolute atomic E-state index is 15.0. The molecule has 1 fully saturated rings. The third-order valence-electron chi connectivity index (χ3n) is 9.14. The SMILES string of the molecule is COc1cccc(C(=O)[C@@H]2[C@H](C(=O)c3cccc(OC)c3)N3c4ccccc4C(C)=C[C@H]3[C@@]23C(=O)Nc2ccccc23)c1. The molecule has 3 aliphatic rings. The lowest BCUT2D eigenvalue weighted by atomic mass is 9.64. The minimum atomic E-state index is -1.38. The lowest BCUT2D eigenvalue weighted by Gasteiger charge is -2.39. The van der Waals surface area contributed by atoms with E-state index in [4.69, 9.17) is 9.47 Å². The normalized spacial score (nSPS) is 23.1. The Morgan fingerprint density at radius 2 is 1.42 bits per heavy atom. The fraction of sp³-hybridized carbons (Fsp3) is 0.194. The molecule has 4 aromatic carbocycles. The van der Waals surface area contributed by atoms with E-state index < -0.39 is 23.4 Å². The van der Waals surface area contributed by atoms with Crippen LogP contribution in [0.4, 0.5) is 11.4 Å². The van der Waals surface area contributed by atoms with Crippen molar-refractivity contribution in [3.05, 3.63) is 125 Å². The van der Waals surface area contributed by atoms with Crippen molar-refractivity contribution >= 4 is 34.4 Å². The highest BCUT2D eigenvalue weighted by atomic mass is 16.5. The number of para-hydroxylation sites is 2. The van der Waals surface area contributed by atoms with Gasteiger partial charge in [-0.15, -0.1) is 0 Å². The molecule has 0 bridgehead atoms. The monoisotopic (exact) mass is 570 g/mol. The first kappa shape index (κ1) is 26.7. The summed E-state index contributed by atoms with van der Waals surface area (Å²) < 4.78 is 10.9. The number of rotatable bonds is 6. The standard InChI is InChI=1S/C36H30N2O5/c1-21-18-30-36(27-15-5-6-16-28(27)37-35(36)41)31(33(39)22-10-8-12-24(19-22)42-2)32(38(30)29-17-7-4-14-26(21)29)34(40)23-11-9-13-25(20-23)43-3/h4-20,30-32H,1-3H3,(H,37,41)/t30-,31-,32+,36+/m0/s1. The molecule has 7 rings (SSSR count). The van der Waals surface area contributed by atoms with Crippen LogP contribution in [0.25, 0.3) is 5.57 Å². The smallest absolute Gasteiger partial charge is 0.238 e. The molecule has 1 spiro atoms. The van der Waals surface area contributed by atoms with E-state index in [1.807, 2.05) is 60.4 Å². The Labute approximate surface area is 249 Å². The number of hydrogen-bond acceptors (Lipinski definition) is 6. The van der Waals surface area contributed by atoms with Gasteiger partial charge in [-0.05, 0) is 54.5 Å². The van der Waals surface area contributed by atoms with Crippen LogP contribution in [0, 0.1) is 5.92 Å². The quantitative estimate of drug-likeness (QED) is 0.289. The van der Waals surface area contributed by atoms with E-state index in [1.54, 1.807) is 62.8 Å². The van der Waals surface area contributed by atoms with Crippen LogP contribution >= 0.6 is 0 Å². The average Bonchev–Trinajstić information content (AvgIpc) is 3.52. The van der Waals surface area contributed by atoms with Crippen molar-refractivity contribution in [1.29, 1.82) is 0 Å². The van der Waals surface area contributed by atoms with Gasteiger partial charge in [0.1, 0.15) is 23.0 Å². The molecule has 3 aliphatic heterocycles. The molecule has 0 unspecified atom stereocenters. The zero-order valence-electron chi connectivity index (χ0n) is 24.0. The van der Waals surface area contributed by atoms with E-state index in [2.05, 4.69) is 11.4 Å². The maximum Gasteiger partial charge on any atom is 0.238 e. The number of carbonyl (C=O) groups is 3. The number of methoxy groups -OCH3 is 2. The number of allylic oxidation sites excluding steroid dienone is 1. The van der Waals surface area contributed by atoms with E-state index in [0.717, 1.165) is 16.8 Å². The predicted molar refractivity (Wildman–Crippen MR) is 165 cm³/mol. The Morgan fingerprint density at radius 3 is 2.12 bits per heavy atom. The maximum atomic E-state index is 15.0. The number of hydrogen-bond donors (Lipinski definition) is 1. The Morgan fingerprint density at radius 1 is 0.791 bits per heavy atom. The van der Waals surface area contributed by atoms with Gasteiger partial charge in [0.15, 0.2) is 11.6 Å². The number of nitrogens with one attached hydrogen (secondary N) is 1. The molecule has 0 radical (unpaired) electrons.